The Labute approximate surface area is 186 Å². The van der Waals surface area contributed by atoms with E-state index in [-0.39, 0.29) is 11.4 Å². The first-order chi connectivity index (χ1) is 15.1. The molecule has 150 valence electrons. The number of halogens is 2. The molecule has 0 amide bonds. The minimum atomic E-state index is -0.388. The molecule has 4 aromatic heterocycles. The number of pyridine rings is 2. The number of fused-ring (bicyclic) bond motifs is 4. The maximum Gasteiger partial charge on any atom is 0.321 e. The first-order valence-corrected chi connectivity index (χ1v) is 11.1. The number of aromatic nitrogens is 4. The summed E-state index contributed by atoms with van der Waals surface area (Å²) in [7, 11) is 0. The molecule has 5 nitrogen and oxygen atoms in total. The summed E-state index contributed by atoms with van der Waals surface area (Å²) in [5, 5.41) is 11.3. The van der Waals surface area contributed by atoms with E-state index in [1.165, 1.54) is 6.07 Å². The molecule has 0 fully saturated rings. The summed E-state index contributed by atoms with van der Waals surface area (Å²) in [6.45, 7) is 0. The third kappa shape index (κ3) is 2.68. The molecule has 2 aromatic carbocycles. The minimum absolute atomic E-state index is 0.225. The molecule has 2 N–H and O–H groups in total. The van der Waals surface area contributed by atoms with Crippen molar-refractivity contribution in [3.05, 3.63) is 87.1 Å². The molecule has 0 aliphatic carbocycles. The van der Waals surface area contributed by atoms with E-state index >= 15 is 0 Å². The zero-order chi connectivity index (χ0) is 21.1. The van der Waals surface area contributed by atoms with Crippen molar-refractivity contribution in [1.82, 2.24) is 15.2 Å². The molecule has 8 heteroatoms. The van der Waals surface area contributed by atoms with Gasteiger partial charge >= 0.3 is 5.56 Å². The zero-order valence-electron chi connectivity index (χ0n) is 15.8. The van der Waals surface area contributed by atoms with Gasteiger partial charge in [0.25, 0.3) is 5.69 Å². The lowest BCUT2D eigenvalue weighted by Crippen LogP contribution is -2.37. The number of aromatic amines is 2. The molecule has 6 aromatic rings. The minimum Gasteiger partial charge on any atom is -0.315 e. The molecule has 0 atom stereocenters. The highest BCUT2D eigenvalue weighted by molar-refractivity contribution is 9.10. The van der Waals surface area contributed by atoms with E-state index < -0.39 is 0 Å². The van der Waals surface area contributed by atoms with Gasteiger partial charge in [-0.2, -0.15) is 9.67 Å². The van der Waals surface area contributed by atoms with Gasteiger partial charge in [0, 0.05) is 38.3 Å². The lowest BCUT2D eigenvalue weighted by Gasteiger charge is -2.12. The molecular formula is C23H13BrFN4OS+. The summed E-state index contributed by atoms with van der Waals surface area (Å²) in [4.78, 5) is 16.5. The molecule has 4 heterocycles. The summed E-state index contributed by atoms with van der Waals surface area (Å²) in [5.74, 6) is -0.388. The van der Waals surface area contributed by atoms with Gasteiger partial charge in [0.15, 0.2) is 12.4 Å². The molecule has 0 aliphatic heterocycles. The molecular weight excluding hydrogens is 479 g/mol. The number of benzene rings is 2. The van der Waals surface area contributed by atoms with Crippen LogP contribution in [0.2, 0.25) is 0 Å². The third-order valence-corrected chi connectivity index (χ3v) is 7.05. The van der Waals surface area contributed by atoms with Gasteiger partial charge < -0.3 is 4.98 Å². The van der Waals surface area contributed by atoms with Crippen molar-refractivity contribution in [2.75, 3.05) is 0 Å². The monoisotopic (exact) mass is 491 g/mol. The van der Waals surface area contributed by atoms with Crippen LogP contribution in [0.15, 0.2) is 75.7 Å². The molecule has 0 radical (unpaired) electrons. The molecule has 6 rings (SSSR count). The SMILES string of the molecule is O=c1[nH]c2c(cc(Br)c3ccsc32)c(-c2ccc(F)c3[nH]ncc23)c1-[n+]1ccccc1. The fraction of sp³-hybridized carbons (Fsp3) is 0. The Kier molecular flexibility index (Phi) is 4.06. The predicted octanol–water partition coefficient (Wildman–Crippen LogP) is 5.46. The molecule has 0 aliphatic rings. The number of nitrogens with zero attached hydrogens (tertiary/aromatic N) is 2. The molecule has 0 spiro atoms. The first kappa shape index (κ1) is 18.4. The Bertz CT molecular complexity index is 1690. The Morgan fingerprint density at radius 1 is 1.03 bits per heavy atom. The van der Waals surface area contributed by atoms with Gasteiger partial charge in [-0.1, -0.05) is 28.1 Å². The highest BCUT2D eigenvalue weighted by Gasteiger charge is 2.26. The number of hydrogen-bond donors (Lipinski definition) is 2. The van der Waals surface area contributed by atoms with Crippen molar-refractivity contribution >= 4 is 59.2 Å². The summed E-state index contributed by atoms with van der Waals surface area (Å²) in [6.07, 6.45) is 5.25. The summed E-state index contributed by atoms with van der Waals surface area (Å²) >= 11 is 5.25. The largest absolute Gasteiger partial charge is 0.321 e. The van der Waals surface area contributed by atoms with E-state index in [0.717, 1.165) is 36.6 Å². The van der Waals surface area contributed by atoms with Crippen molar-refractivity contribution in [2.24, 2.45) is 0 Å². The van der Waals surface area contributed by atoms with Gasteiger partial charge in [-0.3, -0.25) is 9.89 Å². The van der Waals surface area contributed by atoms with E-state index in [1.807, 2.05) is 48.1 Å². The fourth-order valence-electron chi connectivity index (χ4n) is 4.11. The number of nitrogens with one attached hydrogen (secondary N) is 2. The van der Waals surface area contributed by atoms with Gasteiger partial charge in [-0.25, -0.2) is 4.39 Å². The number of rotatable bonds is 2. The van der Waals surface area contributed by atoms with Crippen LogP contribution in [0.3, 0.4) is 0 Å². The van der Waals surface area contributed by atoms with Crippen LogP contribution < -0.4 is 10.1 Å². The smallest absolute Gasteiger partial charge is 0.315 e. The van der Waals surface area contributed by atoms with Crippen molar-refractivity contribution in [2.45, 2.75) is 0 Å². The van der Waals surface area contributed by atoms with Crippen LogP contribution in [0.25, 0.3) is 48.7 Å². The van der Waals surface area contributed by atoms with Gasteiger partial charge in [0.1, 0.15) is 11.3 Å². The van der Waals surface area contributed by atoms with E-state index in [2.05, 4.69) is 31.1 Å². The second kappa shape index (κ2) is 6.83. The Balaban J connectivity index is 1.88. The molecule has 0 saturated carbocycles. The van der Waals surface area contributed by atoms with E-state index in [4.69, 9.17) is 0 Å². The maximum atomic E-state index is 14.4. The number of H-pyrrole nitrogens is 2. The normalized spacial score (nSPS) is 11.7. The van der Waals surface area contributed by atoms with Crippen molar-refractivity contribution < 1.29 is 8.96 Å². The average Bonchev–Trinajstić information content (AvgIpc) is 3.46. The van der Waals surface area contributed by atoms with Gasteiger partial charge in [0.2, 0.25) is 0 Å². The number of thiophene rings is 1. The second-order valence-corrected chi connectivity index (χ2v) is 8.93. The Morgan fingerprint density at radius 2 is 1.87 bits per heavy atom. The zero-order valence-corrected chi connectivity index (χ0v) is 18.2. The fourth-order valence-corrected chi connectivity index (χ4v) is 5.73. The standard InChI is InChI=1S/C23H12BrFN4OS/c24-16-10-14-18(12-4-5-17(25)19-15(12)11-26-28-19)21(29-7-2-1-3-8-29)23(30)27-20(14)22-13(16)6-9-31-22/h1-11H,(H-,26,27,28,30)/p+1. The predicted molar refractivity (Wildman–Crippen MR) is 124 cm³/mol. The second-order valence-electron chi connectivity index (χ2n) is 7.16. The summed E-state index contributed by atoms with van der Waals surface area (Å²) in [6, 6.07) is 12.8. The first-order valence-electron chi connectivity index (χ1n) is 9.48. The van der Waals surface area contributed by atoms with Crippen LogP contribution in [-0.4, -0.2) is 15.2 Å². The highest BCUT2D eigenvalue weighted by atomic mass is 79.9. The number of hydrogen-bond acceptors (Lipinski definition) is 3. The Morgan fingerprint density at radius 3 is 2.71 bits per heavy atom. The topological polar surface area (TPSA) is 65.4 Å². The molecule has 0 bridgehead atoms. The lowest BCUT2D eigenvalue weighted by molar-refractivity contribution is -0.596. The third-order valence-electron chi connectivity index (χ3n) is 5.46. The van der Waals surface area contributed by atoms with Crippen LogP contribution >= 0.6 is 27.3 Å². The van der Waals surface area contributed by atoms with Crippen LogP contribution in [0.4, 0.5) is 4.39 Å². The van der Waals surface area contributed by atoms with E-state index in [1.54, 1.807) is 28.2 Å². The van der Waals surface area contributed by atoms with Crippen LogP contribution in [0.1, 0.15) is 0 Å². The van der Waals surface area contributed by atoms with Crippen molar-refractivity contribution in [3.63, 3.8) is 0 Å². The van der Waals surface area contributed by atoms with Crippen LogP contribution in [-0.2, 0) is 0 Å². The van der Waals surface area contributed by atoms with Crippen molar-refractivity contribution in [3.8, 4) is 16.8 Å². The maximum absolute atomic E-state index is 14.4. The van der Waals surface area contributed by atoms with Gasteiger partial charge in [0.05, 0.1) is 22.0 Å². The van der Waals surface area contributed by atoms with Gasteiger partial charge in [-0.15, -0.1) is 11.3 Å². The highest BCUT2D eigenvalue weighted by Crippen LogP contribution is 2.41. The van der Waals surface area contributed by atoms with Crippen LogP contribution in [0, 0.1) is 5.82 Å². The van der Waals surface area contributed by atoms with E-state index in [0.29, 0.717) is 16.6 Å². The summed E-state index contributed by atoms with van der Waals surface area (Å²) < 4.78 is 18.1. The Hall–Kier alpha value is -3.36. The average molecular weight is 492 g/mol. The van der Waals surface area contributed by atoms with Gasteiger partial charge in [-0.05, 0) is 23.6 Å². The summed E-state index contributed by atoms with van der Waals surface area (Å²) in [5.41, 5.74) is 2.76. The van der Waals surface area contributed by atoms with Crippen LogP contribution in [0.5, 0.6) is 0 Å². The molecule has 0 saturated heterocycles. The lowest BCUT2D eigenvalue weighted by atomic mass is 9.96. The molecule has 0 unspecified atom stereocenters. The van der Waals surface area contributed by atoms with E-state index in [9.17, 15) is 9.18 Å². The molecule has 31 heavy (non-hydrogen) atoms. The van der Waals surface area contributed by atoms with Crippen molar-refractivity contribution in [1.29, 1.82) is 0 Å². The quantitative estimate of drug-likeness (QED) is 0.315.